The van der Waals surface area contributed by atoms with Crippen molar-refractivity contribution in [3.8, 4) is 0 Å². The summed E-state index contributed by atoms with van der Waals surface area (Å²) < 4.78 is 24.0. The Morgan fingerprint density at radius 2 is 0.949 bits per heavy atom. The van der Waals surface area contributed by atoms with Crippen LogP contribution >= 0.6 is 0 Å². The molecule has 2 aromatic rings. The van der Waals surface area contributed by atoms with Crippen molar-refractivity contribution in [2.24, 2.45) is 11.5 Å². The van der Waals surface area contributed by atoms with Crippen molar-refractivity contribution in [3.05, 3.63) is 70.8 Å². The maximum atomic E-state index is 13.4. The van der Waals surface area contributed by atoms with Gasteiger partial charge in [-0.05, 0) is 136 Å². The van der Waals surface area contributed by atoms with E-state index < -0.39 is 12.5 Å². The van der Waals surface area contributed by atoms with Gasteiger partial charge in [-0.25, -0.2) is 0 Å². The molecule has 6 fully saturated rings. The molecule has 14 nitrogen and oxygen atoms in total. The fourth-order valence-corrected chi connectivity index (χ4v) is 10.2. The predicted molar refractivity (Wildman–Crippen MR) is 230 cm³/mol. The van der Waals surface area contributed by atoms with Crippen LogP contribution < -0.4 is 32.7 Å². The maximum Gasteiger partial charge on any atom is 0.441 e. The molecular formula is C44H67BN8O6. The van der Waals surface area contributed by atoms with Crippen LogP contribution in [0.5, 0.6) is 0 Å². The average Bonchev–Trinajstić information content (AvgIpc) is 3.25. The molecule has 0 aromatic heterocycles. The number of nitrogens with one attached hydrogen (secondary N) is 6. The summed E-state index contributed by atoms with van der Waals surface area (Å²) >= 11 is 0. The van der Waals surface area contributed by atoms with Crippen molar-refractivity contribution >= 4 is 31.4 Å². The second kappa shape index (κ2) is 19.9. The monoisotopic (exact) mass is 815 g/mol. The molecule has 6 saturated carbocycles. The molecule has 4 bridgehead atoms. The van der Waals surface area contributed by atoms with Gasteiger partial charge in [0.2, 0.25) is 11.8 Å². The van der Waals surface area contributed by atoms with Crippen molar-refractivity contribution in [3.63, 3.8) is 0 Å². The molecule has 0 saturated heterocycles. The quantitative estimate of drug-likeness (QED) is 0.0279. The van der Waals surface area contributed by atoms with Gasteiger partial charge in [0.1, 0.15) is 12.5 Å². The van der Waals surface area contributed by atoms with E-state index in [-0.39, 0.29) is 66.3 Å². The second-order valence-electron chi connectivity index (χ2n) is 17.6. The van der Waals surface area contributed by atoms with Crippen LogP contribution in [0.15, 0.2) is 48.5 Å². The highest BCUT2D eigenvalue weighted by atomic mass is 16.6. The summed E-state index contributed by atoms with van der Waals surface area (Å²) in [6.07, 6.45) is 14.5. The third-order valence-electron chi connectivity index (χ3n) is 14.2. The molecular weight excluding hydrogens is 747 g/mol. The Bertz CT molecular complexity index is 1570. The Labute approximate surface area is 350 Å². The second-order valence-corrected chi connectivity index (χ2v) is 17.6. The van der Waals surface area contributed by atoms with Crippen LogP contribution in [0.1, 0.15) is 125 Å². The van der Waals surface area contributed by atoms with Gasteiger partial charge < -0.3 is 51.5 Å². The highest BCUT2D eigenvalue weighted by Crippen LogP contribution is 2.56. The van der Waals surface area contributed by atoms with E-state index in [1.54, 1.807) is 0 Å². The van der Waals surface area contributed by atoms with Crippen LogP contribution in [0.2, 0.25) is 0 Å². The summed E-state index contributed by atoms with van der Waals surface area (Å²) in [6, 6.07) is 17.0. The van der Waals surface area contributed by atoms with Crippen LogP contribution in [-0.4, -0.2) is 82.4 Å². The molecule has 15 heteroatoms. The van der Waals surface area contributed by atoms with Crippen LogP contribution in [0.3, 0.4) is 0 Å². The fourth-order valence-electron chi connectivity index (χ4n) is 10.2. The normalized spacial score (nSPS) is 26.7. The molecule has 0 heterocycles. The number of carbonyl (C=O) groups excluding carboxylic acids is 2. The van der Waals surface area contributed by atoms with Gasteiger partial charge in [0.25, 0.3) is 0 Å². The summed E-state index contributed by atoms with van der Waals surface area (Å²) in [4.78, 5) is 26.7. The number of rotatable bonds is 22. The zero-order valence-electron chi connectivity index (χ0n) is 35.2. The Morgan fingerprint density at radius 1 is 0.610 bits per heavy atom. The van der Waals surface area contributed by atoms with Crippen molar-refractivity contribution < 1.29 is 28.4 Å². The number of guanidine groups is 2. The zero-order valence-corrected chi connectivity index (χ0v) is 35.2. The SMILES string of the molecule is COC12CCC(c3ccc(CC(=O)NC(CCCNC(=N)N)OBOC(CCCNC(=N)N)NC(=O)Cc4ccc(C56CCC(OC)(CC5)CC6)cc4)cc3)(CC1)CC2. The molecule has 2 aromatic carbocycles. The molecule has 0 aliphatic heterocycles. The van der Waals surface area contributed by atoms with Gasteiger partial charge in [-0.3, -0.25) is 20.4 Å². The number of hydrogen-bond donors (Lipinski definition) is 8. The summed E-state index contributed by atoms with van der Waals surface area (Å²) in [5.41, 5.74) is 16.0. The zero-order chi connectivity index (χ0) is 41.9. The molecule has 322 valence electrons. The highest BCUT2D eigenvalue weighted by Gasteiger charge is 2.50. The van der Waals surface area contributed by atoms with E-state index in [0.717, 1.165) is 88.2 Å². The number of hydrogen-bond acceptors (Lipinski definition) is 8. The van der Waals surface area contributed by atoms with E-state index in [1.807, 2.05) is 14.2 Å². The first-order chi connectivity index (χ1) is 28.4. The van der Waals surface area contributed by atoms with Gasteiger partial charge in [-0.1, -0.05) is 48.5 Å². The number of nitrogens with two attached hydrogens (primary N) is 2. The van der Waals surface area contributed by atoms with Crippen LogP contribution in [0, 0.1) is 10.8 Å². The predicted octanol–water partition coefficient (Wildman–Crippen LogP) is 4.16. The third kappa shape index (κ3) is 11.6. The topological polar surface area (TPSA) is 219 Å². The van der Waals surface area contributed by atoms with Gasteiger partial charge in [0, 0.05) is 27.3 Å². The van der Waals surface area contributed by atoms with E-state index in [9.17, 15) is 9.59 Å². The lowest BCUT2D eigenvalue weighted by Gasteiger charge is -2.53. The summed E-state index contributed by atoms with van der Waals surface area (Å²) in [5, 5.41) is 26.6. The molecule has 2 atom stereocenters. The van der Waals surface area contributed by atoms with Gasteiger partial charge in [-0.2, -0.15) is 0 Å². The molecule has 10 N–H and O–H groups in total. The molecule has 6 aliphatic carbocycles. The van der Waals surface area contributed by atoms with Crippen molar-refractivity contribution in [2.75, 3.05) is 27.3 Å². The fraction of sp³-hybridized carbons (Fsp3) is 0.636. The number of amides is 2. The Hall–Kier alpha value is -4.18. The first kappa shape index (κ1) is 44.4. The van der Waals surface area contributed by atoms with Crippen LogP contribution in [0.4, 0.5) is 0 Å². The molecule has 6 aliphatic rings. The lowest BCUT2D eigenvalue weighted by atomic mass is 9.56. The van der Waals surface area contributed by atoms with Gasteiger partial charge >= 0.3 is 7.69 Å². The Balaban J connectivity index is 1.01. The summed E-state index contributed by atoms with van der Waals surface area (Å²) in [5.74, 6) is -0.604. The minimum absolute atomic E-state index is 0.0606. The maximum absolute atomic E-state index is 13.4. The van der Waals surface area contributed by atoms with E-state index in [1.165, 1.54) is 11.1 Å². The van der Waals surface area contributed by atoms with E-state index in [2.05, 4.69) is 69.8 Å². The van der Waals surface area contributed by atoms with Crippen LogP contribution in [0.25, 0.3) is 0 Å². The lowest BCUT2D eigenvalue weighted by molar-refractivity contribution is -0.123. The summed E-state index contributed by atoms with van der Waals surface area (Å²) in [7, 11) is 3.51. The standard InChI is InChI=1S/C44H67BN8O6/c1-56-43-21-15-41(16-22-43,17-23-43)33-11-7-31(8-12-33)29-35(54)52-37(5-3-27-50-39(46)47)58-45-59-38(6-4-28-51-40(48)49)53-36(55)30-32-9-13-34(14-10-32)42-18-24-44(57-2,25-19-42)26-20-42/h7-14,37-38,45H,3-6,15-30H2,1-2H3,(H,52,54)(H,53,55)(H4,46,47,50)(H4,48,49,51). The lowest BCUT2D eigenvalue weighted by Crippen LogP contribution is -2.49. The van der Waals surface area contributed by atoms with Crippen molar-refractivity contribution in [2.45, 2.75) is 150 Å². The number of methoxy groups -OCH3 is 2. The largest absolute Gasteiger partial charge is 0.441 e. The van der Waals surface area contributed by atoms with E-state index in [0.29, 0.717) is 38.8 Å². The minimum Gasteiger partial charge on any atom is -0.393 e. The molecule has 0 radical (unpaired) electrons. The number of benzene rings is 2. The van der Waals surface area contributed by atoms with Gasteiger partial charge in [0.15, 0.2) is 11.9 Å². The summed E-state index contributed by atoms with van der Waals surface area (Å²) in [6.45, 7) is 0.887. The first-order valence-electron chi connectivity index (χ1n) is 21.7. The van der Waals surface area contributed by atoms with E-state index in [4.69, 9.17) is 41.1 Å². The third-order valence-corrected chi connectivity index (χ3v) is 14.2. The van der Waals surface area contributed by atoms with Crippen molar-refractivity contribution in [1.29, 1.82) is 10.8 Å². The number of fused-ring (bicyclic) bond motifs is 6. The molecule has 2 amide bonds. The highest BCUT2D eigenvalue weighted by molar-refractivity contribution is 6.18. The number of ether oxygens (including phenoxy) is 2. The Kier molecular flexibility index (Phi) is 15.0. The van der Waals surface area contributed by atoms with Crippen molar-refractivity contribution in [1.82, 2.24) is 21.3 Å². The smallest absolute Gasteiger partial charge is 0.393 e. The molecule has 2 unspecified atom stereocenters. The number of carbonyl (C=O) groups is 2. The molecule has 59 heavy (non-hydrogen) atoms. The van der Waals surface area contributed by atoms with Gasteiger partial charge in [0.05, 0.1) is 24.0 Å². The van der Waals surface area contributed by atoms with Crippen LogP contribution in [-0.2, 0) is 52.0 Å². The average molecular weight is 815 g/mol. The Morgan fingerprint density at radius 3 is 1.25 bits per heavy atom. The van der Waals surface area contributed by atoms with Gasteiger partial charge in [-0.15, -0.1) is 0 Å². The first-order valence-corrected chi connectivity index (χ1v) is 21.7. The van der Waals surface area contributed by atoms with E-state index >= 15 is 0 Å². The molecule has 0 spiro atoms. The minimum atomic E-state index is -0.673. The molecule has 8 rings (SSSR count).